The van der Waals surface area contributed by atoms with Crippen LogP contribution in [0, 0.1) is 13.8 Å². The van der Waals surface area contributed by atoms with Crippen LogP contribution < -0.4 is 10.9 Å². The fraction of sp³-hybridized carbons (Fsp3) is 0.429. The molecular formula is C21H25N5O3. The van der Waals surface area contributed by atoms with Gasteiger partial charge in [-0.1, -0.05) is 18.2 Å². The average molecular weight is 395 g/mol. The molecule has 1 aliphatic rings. The van der Waals surface area contributed by atoms with Gasteiger partial charge in [-0.05, 0) is 38.8 Å². The SMILES string of the molecule is Cc1nn(CCC(=O)NC[C@H]2CCCO2)c(=O)c2nn(-c3ccccc3)c(C)c12. The number of rotatable bonds is 6. The zero-order valence-corrected chi connectivity index (χ0v) is 16.7. The van der Waals surface area contributed by atoms with Crippen molar-refractivity contribution in [1.29, 1.82) is 0 Å². The van der Waals surface area contributed by atoms with E-state index in [0.29, 0.717) is 12.1 Å². The second-order valence-electron chi connectivity index (χ2n) is 7.36. The molecule has 2 aromatic heterocycles. The summed E-state index contributed by atoms with van der Waals surface area (Å²) in [4.78, 5) is 25.1. The number of nitrogens with zero attached hydrogens (tertiary/aromatic N) is 4. The minimum absolute atomic E-state index is 0.100. The van der Waals surface area contributed by atoms with Gasteiger partial charge in [0.05, 0.1) is 35.1 Å². The van der Waals surface area contributed by atoms with Crippen molar-refractivity contribution in [3.63, 3.8) is 0 Å². The molecule has 1 aliphatic heterocycles. The van der Waals surface area contributed by atoms with Gasteiger partial charge in [0.2, 0.25) is 5.91 Å². The number of aryl methyl sites for hydroxylation is 3. The van der Waals surface area contributed by atoms with Crippen molar-refractivity contribution >= 4 is 16.8 Å². The summed E-state index contributed by atoms with van der Waals surface area (Å²) in [6.45, 7) is 5.28. The van der Waals surface area contributed by atoms with Gasteiger partial charge >= 0.3 is 0 Å². The highest BCUT2D eigenvalue weighted by Gasteiger charge is 2.19. The molecule has 1 saturated heterocycles. The number of hydrogen-bond acceptors (Lipinski definition) is 5. The fourth-order valence-electron chi connectivity index (χ4n) is 3.78. The number of aromatic nitrogens is 4. The topological polar surface area (TPSA) is 91.0 Å². The number of hydrogen-bond donors (Lipinski definition) is 1. The first-order valence-electron chi connectivity index (χ1n) is 9.95. The molecule has 0 saturated carbocycles. The van der Waals surface area contributed by atoms with Gasteiger partial charge in [0.1, 0.15) is 0 Å². The van der Waals surface area contributed by atoms with Crippen LogP contribution >= 0.6 is 0 Å². The maximum Gasteiger partial charge on any atom is 0.295 e. The Hall–Kier alpha value is -3.00. The van der Waals surface area contributed by atoms with Crippen LogP contribution in [0.15, 0.2) is 35.1 Å². The summed E-state index contributed by atoms with van der Waals surface area (Å²) < 4.78 is 8.61. The predicted molar refractivity (Wildman–Crippen MR) is 109 cm³/mol. The largest absolute Gasteiger partial charge is 0.376 e. The molecule has 3 heterocycles. The lowest BCUT2D eigenvalue weighted by molar-refractivity contribution is -0.121. The minimum atomic E-state index is -0.282. The summed E-state index contributed by atoms with van der Waals surface area (Å²) in [6, 6.07) is 9.68. The Morgan fingerprint density at radius 2 is 2.03 bits per heavy atom. The highest BCUT2D eigenvalue weighted by atomic mass is 16.5. The summed E-state index contributed by atoms with van der Waals surface area (Å²) in [5.74, 6) is -0.113. The van der Waals surface area contributed by atoms with Crippen molar-refractivity contribution in [3.8, 4) is 5.69 Å². The van der Waals surface area contributed by atoms with E-state index >= 15 is 0 Å². The standard InChI is InChI=1S/C21H25N5O3/c1-14-19-15(2)26(16-7-4-3-5-8-16)24-20(19)21(28)25(23-14)11-10-18(27)22-13-17-9-6-12-29-17/h3-5,7-8,17H,6,9-13H2,1-2H3,(H,22,27)/t17-/m1/s1. The summed E-state index contributed by atoms with van der Waals surface area (Å²) in [5, 5.41) is 12.6. The van der Waals surface area contributed by atoms with Crippen LogP contribution in [0.4, 0.5) is 0 Å². The van der Waals surface area contributed by atoms with Crippen molar-refractivity contribution in [1.82, 2.24) is 24.9 Å². The molecule has 4 rings (SSSR count). The van der Waals surface area contributed by atoms with E-state index in [9.17, 15) is 9.59 Å². The molecule has 0 aliphatic carbocycles. The van der Waals surface area contributed by atoms with E-state index in [-0.39, 0.29) is 30.5 Å². The number of fused-ring (bicyclic) bond motifs is 1. The number of benzene rings is 1. The lowest BCUT2D eigenvalue weighted by Gasteiger charge is -2.11. The van der Waals surface area contributed by atoms with Gasteiger partial charge in [0.15, 0.2) is 5.52 Å². The first kappa shape index (κ1) is 19.3. The Morgan fingerprint density at radius 3 is 2.76 bits per heavy atom. The third-order valence-electron chi connectivity index (χ3n) is 5.29. The molecule has 1 N–H and O–H groups in total. The van der Waals surface area contributed by atoms with Crippen LogP contribution in [0.3, 0.4) is 0 Å². The molecule has 1 aromatic carbocycles. The normalized spacial score (nSPS) is 16.4. The van der Waals surface area contributed by atoms with Crippen molar-refractivity contribution in [2.24, 2.45) is 0 Å². The van der Waals surface area contributed by atoms with E-state index in [2.05, 4.69) is 15.5 Å². The Bertz CT molecular complexity index is 1080. The number of ether oxygens (including phenoxy) is 1. The van der Waals surface area contributed by atoms with Crippen molar-refractivity contribution in [2.45, 2.75) is 45.8 Å². The molecule has 3 aromatic rings. The number of carbonyl (C=O) groups excluding carboxylic acids is 1. The summed E-state index contributed by atoms with van der Waals surface area (Å²) in [5.41, 5.74) is 2.57. The number of amides is 1. The van der Waals surface area contributed by atoms with Crippen molar-refractivity contribution in [2.75, 3.05) is 13.2 Å². The number of nitrogens with one attached hydrogen (secondary N) is 1. The summed E-state index contributed by atoms with van der Waals surface area (Å²) in [6.07, 6.45) is 2.29. The van der Waals surface area contributed by atoms with Crippen LogP contribution in [-0.2, 0) is 16.1 Å². The average Bonchev–Trinajstić information content (AvgIpc) is 3.37. The third kappa shape index (κ3) is 3.93. The lowest BCUT2D eigenvalue weighted by atomic mass is 10.2. The highest BCUT2D eigenvalue weighted by Crippen LogP contribution is 2.20. The Kier molecular flexibility index (Phi) is 5.44. The molecular weight excluding hydrogens is 370 g/mol. The van der Waals surface area contributed by atoms with Crippen LogP contribution in [0.25, 0.3) is 16.6 Å². The van der Waals surface area contributed by atoms with Crippen LogP contribution in [0.5, 0.6) is 0 Å². The molecule has 0 radical (unpaired) electrons. The van der Waals surface area contributed by atoms with Crippen LogP contribution in [-0.4, -0.2) is 44.7 Å². The molecule has 0 bridgehead atoms. The Morgan fingerprint density at radius 1 is 1.24 bits per heavy atom. The van der Waals surface area contributed by atoms with E-state index in [1.165, 1.54) is 4.68 Å². The maximum atomic E-state index is 12.9. The Balaban J connectivity index is 1.54. The molecule has 0 spiro atoms. The zero-order chi connectivity index (χ0) is 20.4. The molecule has 8 heteroatoms. The van der Waals surface area contributed by atoms with Gasteiger partial charge in [0, 0.05) is 19.6 Å². The van der Waals surface area contributed by atoms with Crippen molar-refractivity contribution < 1.29 is 9.53 Å². The summed E-state index contributed by atoms with van der Waals surface area (Å²) in [7, 11) is 0. The monoisotopic (exact) mass is 395 g/mol. The van der Waals surface area contributed by atoms with Crippen molar-refractivity contribution in [3.05, 3.63) is 52.1 Å². The molecule has 1 amide bonds. The van der Waals surface area contributed by atoms with E-state index in [4.69, 9.17) is 4.74 Å². The lowest BCUT2D eigenvalue weighted by Crippen LogP contribution is -2.33. The Labute approximate surface area is 168 Å². The number of para-hydroxylation sites is 1. The molecule has 1 atom stereocenters. The fourth-order valence-corrected chi connectivity index (χ4v) is 3.78. The van der Waals surface area contributed by atoms with Gasteiger partial charge < -0.3 is 10.1 Å². The van der Waals surface area contributed by atoms with Gasteiger partial charge in [-0.2, -0.15) is 10.2 Å². The zero-order valence-electron chi connectivity index (χ0n) is 16.7. The second-order valence-corrected chi connectivity index (χ2v) is 7.36. The first-order chi connectivity index (χ1) is 14.0. The van der Waals surface area contributed by atoms with Gasteiger partial charge in [-0.3, -0.25) is 9.59 Å². The van der Waals surface area contributed by atoms with Gasteiger partial charge in [0.25, 0.3) is 5.56 Å². The van der Waals surface area contributed by atoms with E-state index in [0.717, 1.165) is 41.9 Å². The molecule has 29 heavy (non-hydrogen) atoms. The van der Waals surface area contributed by atoms with Crippen LogP contribution in [0.2, 0.25) is 0 Å². The molecule has 1 fully saturated rings. The molecule has 0 unspecified atom stereocenters. The van der Waals surface area contributed by atoms with Gasteiger partial charge in [-0.25, -0.2) is 9.36 Å². The van der Waals surface area contributed by atoms with Gasteiger partial charge in [-0.15, -0.1) is 0 Å². The smallest absolute Gasteiger partial charge is 0.295 e. The van der Waals surface area contributed by atoms with E-state index in [1.54, 1.807) is 4.68 Å². The molecule has 8 nitrogen and oxygen atoms in total. The van der Waals surface area contributed by atoms with Crippen LogP contribution in [0.1, 0.15) is 30.7 Å². The third-order valence-corrected chi connectivity index (χ3v) is 5.29. The summed E-state index contributed by atoms with van der Waals surface area (Å²) >= 11 is 0. The number of carbonyl (C=O) groups is 1. The minimum Gasteiger partial charge on any atom is -0.376 e. The van der Waals surface area contributed by atoms with E-state index in [1.807, 2.05) is 44.2 Å². The first-order valence-corrected chi connectivity index (χ1v) is 9.95. The predicted octanol–water partition coefficient (Wildman–Crippen LogP) is 1.88. The maximum absolute atomic E-state index is 12.9. The quantitative estimate of drug-likeness (QED) is 0.688. The van der Waals surface area contributed by atoms with E-state index < -0.39 is 0 Å². The second kappa shape index (κ2) is 8.16. The highest BCUT2D eigenvalue weighted by molar-refractivity contribution is 5.83. The molecule has 152 valence electrons.